The van der Waals surface area contributed by atoms with E-state index in [9.17, 15) is 14.7 Å². The topological polar surface area (TPSA) is 75.6 Å². The summed E-state index contributed by atoms with van der Waals surface area (Å²) < 4.78 is 5.88. The highest BCUT2D eigenvalue weighted by molar-refractivity contribution is 5.84. The van der Waals surface area contributed by atoms with Gasteiger partial charge in [0.05, 0.1) is 11.8 Å². The second-order valence-corrected chi connectivity index (χ2v) is 7.69. The van der Waals surface area contributed by atoms with E-state index in [1.807, 2.05) is 36.4 Å². The Morgan fingerprint density at radius 2 is 1.48 bits per heavy atom. The molecule has 29 heavy (non-hydrogen) atoms. The summed E-state index contributed by atoms with van der Waals surface area (Å²) in [7, 11) is 0. The molecule has 154 valence electrons. The predicted octanol–water partition coefficient (Wildman–Crippen LogP) is 4.94. The number of amides is 1. The van der Waals surface area contributed by atoms with E-state index >= 15 is 0 Å². The Balaban J connectivity index is 1.52. The molecule has 0 aliphatic heterocycles. The number of benzene rings is 2. The van der Waals surface area contributed by atoms with Crippen molar-refractivity contribution in [3.8, 4) is 11.5 Å². The van der Waals surface area contributed by atoms with Crippen LogP contribution in [0.15, 0.2) is 48.5 Å². The lowest BCUT2D eigenvalue weighted by Gasteiger charge is -2.27. The average Bonchev–Trinajstić information content (AvgIpc) is 2.74. The van der Waals surface area contributed by atoms with E-state index < -0.39 is 17.8 Å². The van der Waals surface area contributed by atoms with Crippen LogP contribution in [0.25, 0.3) is 0 Å². The fourth-order valence-electron chi connectivity index (χ4n) is 3.88. The van der Waals surface area contributed by atoms with Crippen molar-refractivity contribution in [1.82, 2.24) is 5.32 Å². The number of carboxylic acid groups (broad SMARTS) is 1. The maximum absolute atomic E-state index is 12.5. The normalized spacial score (nSPS) is 18.8. The Bertz CT molecular complexity index is 814. The Morgan fingerprint density at radius 1 is 0.931 bits per heavy atom. The van der Waals surface area contributed by atoms with E-state index in [1.54, 1.807) is 0 Å². The first kappa shape index (κ1) is 20.9. The molecule has 2 unspecified atom stereocenters. The maximum atomic E-state index is 12.5. The molecule has 1 aliphatic rings. The number of ether oxygens (including phenoxy) is 1. The highest BCUT2D eigenvalue weighted by atomic mass is 16.5. The van der Waals surface area contributed by atoms with E-state index in [0.29, 0.717) is 19.4 Å². The third-order valence-corrected chi connectivity index (χ3v) is 5.51. The second kappa shape index (κ2) is 10.1. The molecular formula is C24H29NO4. The van der Waals surface area contributed by atoms with Gasteiger partial charge in [-0.05, 0) is 54.7 Å². The number of rotatable bonds is 8. The molecule has 0 heterocycles. The van der Waals surface area contributed by atoms with Gasteiger partial charge in [0.15, 0.2) is 0 Å². The van der Waals surface area contributed by atoms with Gasteiger partial charge in [-0.1, -0.05) is 50.5 Å². The first-order chi connectivity index (χ1) is 14.1. The van der Waals surface area contributed by atoms with Gasteiger partial charge < -0.3 is 15.2 Å². The van der Waals surface area contributed by atoms with Crippen LogP contribution in [-0.4, -0.2) is 17.0 Å². The minimum Gasteiger partial charge on any atom is -0.481 e. The molecule has 0 radical (unpaired) electrons. The zero-order valence-corrected chi connectivity index (χ0v) is 16.9. The smallest absolute Gasteiger partial charge is 0.307 e. The van der Waals surface area contributed by atoms with Gasteiger partial charge in [-0.15, -0.1) is 0 Å². The summed E-state index contributed by atoms with van der Waals surface area (Å²) in [5.41, 5.74) is 2.25. The van der Waals surface area contributed by atoms with Crippen LogP contribution in [0.1, 0.15) is 50.2 Å². The van der Waals surface area contributed by atoms with Crippen molar-refractivity contribution in [2.75, 3.05) is 0 Å². The number of nitrogens with one attached hydrogen (secondary N) is 1. The molecule has 2 atom stereocenters. The summed E-state index contributed by atoms with van der Waals surface area (Å²) in [5.74, 6) is -0.495. The molecule has 0 aromatic heterocycles. The highest BCUT2D eigenvalue weighted by Gasteiger charge is 2.35. The number of carbonyl (C=O) groups is 2. The number of hydrogen-bond acceptors (Lipinski definition) is 3. The predicted molar refractivity (Wildman–Crippen MR) is 112 cm³/mol. The lowest BCUT2D eigenvalue weighted by molar-refractivity contribution is -0.148. The van der Waals surface area contributed by atoms with E-state index in [4.69, 9.17) is 4.74 Å². The van der Waals surface area contributed by atoms with Crippen molar-refractivity contribution in [1.29, 1.82) is 0 Å². The van der Waals surface area contributed by atoms with E-state index in [-0.39, 0.29) is 5.91 Å². The van der Waals surface area contributed by atoms with Crippen molar-refractivity contribution in [2.24, 2.45) is 11.8 Å². The molecule has 2 aromatic carbocycles. The number of carboxylic acids is 1. The molecule has 0 bridgehead atoms. The molecule has 2 aromatic rings. The summed E-state index contributed by atoms with van der Waals surface area (Å²) in [4.78, 5) is 23.9. The molecule has 5 nitrogen and oxygen atoms in total. The van der Waals surface area contributed by atoms with Crippen LogP contribution in [0.4, 0.5) is 0 Å². The highest BCUT2D eigenvalue weighted by Crippen LogP contribution is 2.30. The van der Waals surface area contributed by atoms with Crippen molar-refractivity contribution < 1.29 is 19.4 Å². The number of aryl methyl sites for hydroxylation is 1. The Kier molecular flexibility index (Phi) is 7.28. The second-order valence-electron chi connectivity index (χ2n) is 7.69. The number of aliphatic carboxylic acids is 1. The lowest BCUT2D eigenvalue weighted by atomic mass is 9.78. The van der Waals surface area contributed by atoms with Crippen molar-refractivity contribution in [3.05, 3.63) is 59.7 Å². The van der Waals surface area contributed by atoms with Crippen LogP contribution in [0, 0.1) is 11.8 Å². The molecule has 1 aliphatic carbocycles. The van der Waals surface area contributed by atoms with Gasteiger partial charge in [-0.25, -0.2) is 0 Å². The lowest BCUT2D eigenvalue weighted by Crippen LogP contribution is -2.39. The van der Waals surface area contributed by atoms with Gasteiger partial charge >= 0.3 is 5.97 Å². The van der Waals surface area contributed by atoms with E-state index in [1.165, 1.54) is 5.56 Å². The van der Waals surface area contributed by atoms with Gasteiger partial charge in [0, 0.05) is 6.54 Å². The van der Waals surface area contributed by atoms with Crippen molar-refractivity contribution in [2.45, 2.75) is 52.0 Å². The van der Waals surface area contributed by atoms with Crippen LogP contribution in [-0.2, 0) is 22.6 Å². The zero-order valence-electron chi connectivity index (χ0n) is 16.9. The fraction of sp³-hybridized carbons (Fsp3) is 0.417. The van der Waals surface area contributed by atoms with Gasteiger partial charge in [0.1, 0.15) is 11.5 Å². The number of hydrogen-bond donors (Lipinski definition) is 2. The molecule has 3 rings (SSSR count). The van der Waals surface area contributed by atoms with Crippen LogP contribution in [0.5, 0.6) is 11.5 Å². The van der Waals surface area contributed by atoms with Crippen LogP contribution in [0.2, 0.25) is 0 Å². The monoisotopic (exact) mass is 395 g/mol. The molecule has 1 saturated carbocycles. The summed E-state index contributed by atoms with van der Waals surface area (Å²) in [6.07, 6.45) is 5.20. The molecule has 0 spiro atoms. The van der Waals surface area contributed by atoms with E-state index in [2.05, 4.69) is 24.4 Å². The summed E-state index contributed by atoms with van der Waals surface area (Å²) in [6.45, 7) is 2.54. The van der Waals surface area contributed by atoms with E-state index in [0.717, 1.165) is 42.7 Å². The third-order valence-electron chi connectivity index (χ3n) is 5.51. The van der Waals surface area contributed by atoms with Gasteiger partial charge in [-0.3, -0.25) is 9.59 Å². The van der Waals surface area contributed by atoms with Crippen molar-refractivity contribution in [3.63, 3.8) is 0 Å². The minimum absolute atomic E-state index is 0.162. The van der Waals surface area contributed by atoms with Crippen molar-refractivity contribution >= 4 is 11.9 Å². The molecule has 5 heteroatoms. The number of carbonyl (C=O) groups excluding carboxylic acids is 1. The Morgan fingerprint density at radius 3 is 2.03 bits per heavy atom. The largest absolute Gasteiger partial charge is 0.481 e. The Hall–Kier alpha value is -2.82. The minimum atomic E-state index is -0.867. The van der Waals surface area contributed by atoms with Gasteiger partial charge in [-0.2, -0.15) is 0 Å². The molecule has 2 N–H and O–H groups in total. The first-order valence-electron chi connectivity index (χ1n) is 10.4. The first-order valence-corrected chi connectivity index (χ1v) is 10.4. The molecule has 1 fully saturated rings. The zero-order chi connectivity index (χ0) is 20.6. The van der Waals surface area contributed by atoms with Gasteiger partial charge in [0.2, 0.25) is 5.91 Å². The SMILES string of the molecule is CCCc1ccc(Oc2ccc(CNC(=O)C3CCCCC3C(=O)O)cc2)cc1. The summed E-state index contributed by atoms with van der Waals surface area (Å²) in [6, 6.07) is 15.7. The summed E-state index contributed by atoms with van der Waals surface area (Å²) in [5, 5.41) is 12.2. The average molecular weight is 395 g/mol. The standard InChI is InChI=1S/C24H29NO4/c1-2-5-17-8-12-19(13-9-17)29-20-14-10-18(11-15-20)16-25-23(26)21-6-3-4-7-22(21)24(27)28/h8-15,21-22H,2-7,16H2,1H3,(H,25,26)(H,27,28). The third kappa shape index (κ3) is 5.83. The molecule has 1 amide bonds. The van der Waals surface area contributed by atoms with Crippen LogP contribution >= 0.6 is 0 Å². The molecule has 0 saturated heterocycles. The van der Waals surface area contributed by atoms with Crippen LogP contribution < -0.4 is 10.1 Å². The summed E-state index contributed by atoms with van der Waals surface area (Å²) >= 11 is 0. The Labute approximate surface area is 172 Å². The quantitative estimate of drug-likeness (QED) is 0.664. The maximum Gasteiger partial charge on any atom is 0.307 e. The molecular weight excluding hydrogens is 366 g/mol. The fourth-order valence-corrected chi connectivity index (χ4v) is 3.88. The van der Waals surface area contributed by atoms with Crippen LogP contribution in [0.3, 0.4) is 0 Å². The van der Waals surface area contributed by atoms with Gasteiger partial charge in [0.25, 0.3) is 0 Å².